The van der Waals surface area contributed by atoms with Crippen LogP contribution in [0.15, 0.2) is 0 Å². The number of hydrazine groups is 1. The molecule has 5 nitrogen and oxygen atoms in total. The highest BCUT2D eigenvalue weighted by molar-refractivity contribution is 7.91. The van der Waals surface area contributed by atoms with Crippen LogP contribution >= 0.6 is 0 Å². The van der Waals surface area contributed by atoms with Crippen molar-refractivity contribution in [2.75, 3.05) is 19.5 Å². The molecule has 3 atom stereocenters. The van der Waals surface area contributed by atoms with Gasteiger partial charge in [0.1, 0.15) is 9.84 Å². The average Bonchev–Trinajstić information content (AvgIpc) is 2.38. The van der Waals surface area contributed by atoms with E-state index in [4.69, 9.17) is 10.6 Å². The Morgan fingerprint density at radius 2 is 2.11 bits per heavy atom. The highest BCUT2D eigenvalue weighted by Crippen LogP contribution is 2.31. The molecular weight excluding hydrogens is 264 g/mol. The molecule has 0 aromatic carbocycles. The van der Waals surface area contributed by atoms with Crippen molar-refractivity contribution < 1.29 is 13.2 Å². The summed E-state index contributed by atoms with van der Waals surface area (Å²) in [6.45, 7) is 3.53. The monoisotopic (exact) mass is 292 g/mol. The molecule has 0 aromatic rings. The summed E-state index contributed by atoms with van der Waals surface area (Å²) < 4.78 is 28.8. The third-order valence-electron chi connectivity index (χ3n) is 3.98. The van der Waals surface area contributed by atoms with E-state index >= 15 is 0 Å². The van der Waals surface area contributed by atoms with Crippen LogP contribution in [0.5, 0.6) is 0 Å². The van der Waals surface area contributed by atoms with E-state index in [0.717, 1.165) is 45.1 Å². The Morgan fingerprint density at radius 1 is 1.37 bits per heavy atom. The van der Waals surface area contributed by atoms with Crippen LogP contribution in [0.4, 0.5) is 0 Å². The molecule has 0 heterocycles. The Hall–Kier alpha value is -0.170. The summed E-state index contributed by atoms with van der Waals surface area (Å²) in [7, 11) is -2.93. The molecule has 0 aromatic heterocycles. The summed E-state index contributed by atoms with van der Waals surface area (Å²) in [5.74, 6) is 5.95. The number of nitrogens with one attached hydrogen (secondary N) is 1. The number of nitrogens with two attached hydrogens (primary N) is 1. The van der Waals surface area contributed by atoms with Gasteiger partial charge < -0.3 is 4.74 Å². The maximum absolute atomic E-state index is 11.7. The van der Waals surface area contributed by atoms with E-state index in [1.807, 2.05) is 0 Å². The van der Waals surface area contributed by atoms with Crippen molar-refractivity contribution in [1.82, 2.24) is 5.43 Å². The molecule has 0 spiro atoms. The Labute approximate surface area is 117 Å². The Morgan fingerprint density at radius 3 is 2.68 bits per heavy atom. The molecule has 19 heavy (non-hydrogen) atoms. The minimum Gasteiger partial charge on any atom is -0.381 e. The lowest BCUT2D eigenvalue weighted by Gasteiger charge is -2.33. The minimum absolute atomic E-state index is 0.154. The van der Waals surface area contributed by atoms with E-state index in [-0.39, 0.29) is 11.3 Å². The second-order valence-corrected chi connectivity index (χ2v) is 7.88. The fraction of sp³-hybridized carbons (Fsp3) is 1.00. The highest BCUT2D eigenvalue weighted by atomic mass is 32.2. The molecule has 1 saturated carbocycles. The van der Waals surface area contributed by atoms with Gasteiger partial charge in [-0.05, 0) is 38.0 Å². The van der Waals surface area contributed by atoms with Crippen LogP contribution in [0.25, 0.3) is 0 Å². The summed E-state index contributed by atoms with van der Waals surface area (Å²) >= 11 is 0. The summed E-state index contributed by atoms with van der Waals surface area (Å²) in [6, 6.07) is 0.154. The van der Waals surface area contributed by atoms with Crippen LogP contribution in [0.1, 0.15) is 45.4 Å². The smallest absolute Gasteiger partial charge is 0.150 e. The molecule has 1 rings (SSSR count). The van der Waals surface area contributed by atoms with Crippen molar-refractivity contribution in [3.8, 4) is 0 Å². The molecule has 0 bridgehead atoms. The largest absolute Gasteiger partial charge is 0.381 e. The van der Waals surface area contributed by atoms with Gasteiger partial charge in [0.2, 0.25) is 0 Å². The molecule has 1 aliphatic rings. The Balaban J connectivity index is 2.46. The quantitative estimate of drug-likeness (QED) is 0.399. The SMILES string of the molecule is CCCOCCC(NN)C1CCCC(S(C)(=O)=O)C1. The van der Waals surface area contributed by atoms with Crippen LogP contribution in [-0.2, 0) is 14.6 Å². The van der Waals surface area contributed by atoms with Gasteiger partial charge in [-0.1, -0.05) is 13.3 Å². The van der Waals surface area contributed by atoms with Gasteiger partial charge in [-0.2, -0.15) is 0 Å². The van der Waals surface area contributed by atoms with E-state index in [9.17, 15) is 8.42 Å². The predicted octanol–water partition coefficient (Wildman–Crippen LogP) is 1.24. The lowest BCUT2D eigenvalue weighted by molar-refractivity contribution is 0.113. The second-order valence-electron chi connectivity index (χ2n) is 5.55. The van der Waals surface area contributed by atoms with E-state index in [1.54, 1.807) is 0 Å². The third kappa shape index (κ3) is 5.77. The summed E-state index contributed by atoms with van der Waals surface area (Å²) in [4.78, 5) is 0. The molecule has 0 amide bonds. The number of ether oxygens (including phenoxy) is 1. The highest BCUT2D eigenvalue weighted by Gasteiger charge is 2.32. The van der Waals surface area contributed by atoms with Gasteiger partial charge in [-0.15, -0.1) is 0 Å². The average molecular weight is 292 g/mol. The molecule has 3 N–H and O–H groups in total. The van der Waals surface area contributed by atoms with E-state index in [1.165, 1.54) is 6.26 Å². The molecule has 1 aliphatic carbocycles. The topological polar surface area (TPSA) is 81.4 Å². The lowest BCUT2D eigenvalue weighted by atomic mass is 9.82. The summed E-state index contributed by atoms with van der Waals surface area (Å²) in [5.41, 5.74) is 2.85. The van der Waals surface area contributed by atoms with Gasteiger partial charge in [0.05, 0.1) is 5.25 Å². The Bertz CT molecular complexity index is 346. The van der Waals surface area contributed by atoms with Crippen molar-refractivity contribution in [3.63, 3.8) is 0 Å². The molecular formula is C13H28N2O3S. The van der Waals surface area contributed by atoms with Gasteiger partial charge in [0, 0.05) is 25.5 Å². The van der Waals surface area contributed by atoms with Gasteiger partial charge >= 0.3 is 0 Å². The normalized spacial score (nSPS) is 26.3. The molecule has 0 aliphatic heterocycles. The van der Waals surface area contributed by atoms with Crippen LogP contribution in [-0.4, -0.2) is 39.2 Å². The van der Waals surface area contributed by atoms with Crippen LogP contribution in [0.2, 0.25) is 0 Å². The molecule has 0 saturated heterocycles. The first-order valence-corrected chi connectivity index (χ1v) is 9.17. The molecule has 3 unspecified atom stereocenters. The molecule has 1 fully saturated rings. The second kappa shape index (κ2) is 8.19. The van der Waals surface area contributed by atoms with Crippen molar-refractivity contribution >= 4 is 9.84 Å². The van der Waals surface area contributed by atoms with Gasteiger partial charge in [-0.25, -0.2) is 8.42 Å². The van der Waals surface area contributed by atoms with Crippen molar-refractivity contribution in [2.45, 2.75) is 56.7 Å². The molecule has 6 heteroatoms. The first kappa shape index (κ1) is 16.9. The van der Waals surface area contributed by atoms with Gasteiger partial charge in [0.15, 0.2) is 0 Å². The molecule has 114 valence electrons. The number of sulfone groups is 1. The van der Waals surface area contributed by atoms with Crippen LogP contribution in [0.3, 0.4) is 0 Å². The minimum atomic E-state index is -2.93. The molecule has 0 radical (unpaired) electrons. The van der Waals surface area contributed by atoms with E-state index < -0.39 is 9.84 Å². The van der Waals surface area contributed by atoms with Crippen LogP contribution in [0, 0.1) is 5.92 Å². The van der Waals surface area contributed by atoms with Crippen molar-refractivity contribution in [3.05, 3.63) is 0 Å². The Kier molecular flexibility index (Phi) is 7.28. The predicted molar refractivity (Wildman–Crippen MR) is 77.4 cm³/mol. The number of rotatable bonds is 8. The van der Waals surface area contributed by atoms with Gasteiger partial charge in [0.25, 0.3) is 0 Å². The standard InChI is InChI=1S/C13H28N2O3S/c1-3-8-18-9-7-13(15-14)11-5-4-6-12(10-11)19(2,16)17/h11-13,15H,3-10,14H2,1-2H3. The van der Waals surface area contributed by atoms with E-state index in [2.05, 4.69) is 12.3 Å². The number of hydrogen-bond donors (Lipinski definition) is 2. The van der Waals surface area contributed by atoms with Crippen molar-refractivity contribution in [2.24, 2.45) is 11.8 Å². The lowest BCUT2D eigenvalue weighted by Crippen LogP contribution is -2.44. The zero-order chi connectivity index (χ0) is 14.3. The van der Waals surface area contributed by atoms with Gasteiger partial charge in [-0.3, -0.25) is 11.3 Å². The van der Waals surface area contributed by atoms with E-state index in [0.29, 0.717) is 12.5 Å². The van der Waals surface area contributed by atoms with Crippen LogP contribution < -0.4 is 11.3 Å². The zero-order valence-corrected chi connectivity index (χ0v) is 12.9. The zero-order valence-electron chi connectivity index (χ0n) is 12.1. The maximum atomic E-state index is 11.7. The maximum Gasteiger partial charge on any atom is 0.150 e. The fourth-order valence-corrected chi connectivity index (χ4v) is 4.04. The summed E-state index contributed by atoms with van der Waals surface area (Å²) in [5, 5.41) is -0.196. The number of hydrogen-bond acceptors (Lipinski definition) is 5. The first-order chi connectivity index (χ1) is 8.99. The third-order valence-corrected chi connectivity index (χ3v) is 5.62. The first-order valence-electron chi connectivity index (χ1n) is 7.21. The fourth-order valence-electron chi connectivity index (χ4n) is 2.85. The summed E-state index contributed by atoms with van der Waals surface area (Å²) in [6.07, 6.45) is 6.73. The van der Waals surface area contributed by atoms with Crippen molar-refractivity contribution in [1.29, 1.82) is 0 Å².